The van der Waals surface area contributed by atoms with Crippen LogP contribution < -0.4 is 5.32 Å². The van der Waals surface area contributed by atoms with Crippen molar-refractivity contribution >= 4 is 11.9 Å². The predicted molar refractivity (Wildman–Crippen MR) is 62.9 cm³/mol. The van der Waals surface area contributed by atoms with Crippen LogP contribution in [0.15, 0.2) is 6.33 Å². The zero-order valence-corrected chi connectivity index (χ0v) is 10.2. The molecule has 1 aromatic heterocycles. The van der Waals surface area contributed by atoms with E-state index in [-0.39, 0.29) is 17.9 Å². The number of amides is 1. The summed E-state index contributed by atoms with van der Waals surface area (Å²) >= 11 is 0. The zero-order valence-electron chi connectivity index (χ0n) is 10.2. The van der Waals surface area contributed by atoms with E-state index in [2.05, 4.69) is 15.3 Å². The van der Waals surface area contributed by atoms with Crippen molar-refractivity contribution < 1.29 is 24.5 Å². The van der Waals surface area contributed by atoms with Gasteiger partial charge in [-0.15, -0.1) is 0 Å². The van der Waals surface area contributed by atoms with Crippen LogP contribution in [0.1, 0.15) is 33.8 Å². The number of rotatable bonds is 4. The first-order chi connectivity index (χ1) is 9.02. The summed E-state index contributed by atoms with van der Waals surface area (Å²) in [5.41, 5.74) is -1.47. The molecule has 1 aliphatic rings. The average Bonchev–Trinajstić information content (AvgIpc) is 2.86. The van der Waals surface area contributed by atoms with Gasteiger partial charge in [0.15, 0.2) is 11.4 Å². The maximum atomic E-state index is 11.8. The highest BCUT2D eigenvalue weighted by atomic mass is 16.5. The number of aromatic amines is 1. The maximum absolute atomic E-state index is 11.8. The van der Waals surface area contributed by atoms with Crippen molar-refractivity contribution in [2.24, 2.45) is 0 Å². The lowest BCUT2D eigenvalue weighted by molar-refractivity contribution is -0.0605. The first-order valence-corrected chi connectivity index (χ1v) is 5.87. The van der Waals surface area contributed by atoms with Crippen molar-refractivity contribution in [3.63, 3.8) is 0 Å². The van der Waals surface area contributed by atoms with E-state index in [4.69, 9.17) is 9.84 Å². The molecule has 19 heavy (non-hydrogen) atoms. The van der Waals surface area contributed by atoms with E-state index in [0.717, 1.165) is 6.33 Å². The van der Waals surface area contributed by atoms with Crippen molar-refractivity contribution in [1.29, 1.82) is 0 Å². The third-order valence-corrected chi connectivity index (χ3v) is 3.07. The second-order valence-electron chi connectivity index (χ2n) is 4.45. The largest absolute Gasteiger partial charge is 0.477 e. The molecular weight excluding hydrogens is 254 g/mol. The van der Waals surface area contributed by atoms with Crippen LogP contribution in [0.5, 0.6) is 0 Å². The number of nitrogens with one attached hydrogen (secondary N) is 2. The van der Waals surface area contributed by atoms with Crippen LogP contribution in [0.25, 0.3) is 0 Å². The lowest BCUT2D eigenvalue weighted by Crippen LogP contribution is -2.46. The molecule has 104 valence electrons. The highest BCUT2D eigenvalue weighted by Gasteiger charge is 2.31. The van der Waals surface area contributed by atoms with Gasteiger partial charge in [-0.25, -0.2) is 9.78 Å². The van der Waals surface area contributed by atoms with E-state index in [1.54, 1.807) is 0 Å². The molecule has 2 heterocycles. The monoisotopic (exact) mass is 269 g/mol. The van der Waals surface area contributed by atoms with Crippen LogP contribution in [0, 0.1) is 0 Å². The normalized spacial score (nSPS) is 17.9. The van der Waals surface area contributed by atoms with Crippen LogP contribution in [0.4, 0.5) is 0 Å². The third-order valence-electron chi connectivity index (χ3n) is 3.07. The number of hydrogen-bond donors (Lipinski definition) is 4. The number of ether oxygens (including phenoxy) is 1. The summed E-state index contributed by atoms with van der Waals surface area (Å²) in [6.45, 7) is 0.922. The number of aromatic carboxylic acids is 1. The molecule has 8 nitrogen and oxygen atoms in total. The molecular formula is C11H15N3O5. The Labute approximate surface area is 108 Å². The summed E-state index contributed by atoms with van der Waals surface area (Å²) in [5.74, 6) is -1.88. The number of aliphatic hydroxyl groups is 1. The maximum Gasteiger partial charge on any atom is 0.354 e. The quantitative estimate of drug-likeness (QED) is 0.577. The first-order valence-electron chi connectivity index (χ1n) is 5.87. The van der Waals surface area contributed by atoms with E-state index in [1.165, 1.54) is 0 Å². The molecule has 1 aromatic rings. The van der Waals surface area contributed by atoms with Gasteiger partial charge in [0, 0.05) is 32.6 Å². The van der Waals surface area contributed by atoms with E-state index in [0.29, 0.717) is 26.1 Å². The Morgan fingerprint density at radius 1 is 1.47 bits per heavy atom. The second-order valence-corrected chi connectivity index (χ2v) is 4.45. The van der Waals surface area contributed by atoms with E-state index in [1.807, 2.05) is 0 Å². The van der Waals surface area contributed by atoms with Crippen molar-refractivity contribution in [3.05, 3.63) is 17.7 Å². The Morgan fingerprint density at radius 3 is 2.79 bits per heavy atom. The molecule has 0 aromatic carbocycles. The van der Waals surface area contributed by atoms with Crippen LogP contribution in [0.3, 0.4) is 0 Å². The summed E-state index contributed by atoms with van der Waals surface area (Å²) in [4.78, 5) is 28.7. The van der Waals surface area contributed by atoms with Gasteiger partial charge >= 0.3 is 5.97 Å². The van der Waals surface area contributed by atoms with Crippen molar-refractivity contribution in [2.45, 2.75) is 18.4 Å². The molecule has 1 amide bonds. The van der Waals surface area contributed by atoms with Gasteiger partial charge < -0.3 is 25.3 Å². The van der Waals surface area contributed by atoms with Gasteiger partial charge in [-0.05, 0) is 0 Å². The molecule has 0 radical (unpaired) electrons. The van der Waals surface area contributed by atoms with Gasteiger partial charge in [-0.1, -0.05) is 0 Å². The summed E-state index contributed by atoms with van der Waals surface area (Å²) in [6.07, 6.45) is 2.00. The molecule has 2 rings (SSSR count). The summed E-state index contributed by atoms with van der Waals surface area (Å²) < 4.78 is 5.13. The van der Waals surface area contributed by atoms with Gasteiger partial charge in [-0.3, -0.25) is 4.79 Å². The Kier molecular flexibility index (Phi) is 3.82. The van der Waals surface area contributed by atoms with Gasteiger partial charge in [0.2, 0.25) is 0 Å². The topological polar surface area (TPSA) is 125 Å². The number of H-pyrrole nitrogens is 1. The minimum absolute atomic E-state index is 0.0428. The van der Waals surface area contributed by atoms with Gasteiger partial charge in [0.25, 0.3) is 5.91 Å². The summed E-state index contributed by atoms with van der Waals surface area (Å²) in [7, 11) is 0. The molecule has 0 bridgehead atoms. The summed E-state index contributed by atoms with van der Waals surface area (Å²) in [6, 6.07) is 0. The fourth-order valence-corrected chi connectivity index (χ4v) is 1.89. The zero-order chi connectivity index (χ0) is 13.9. The van der Waals surface area contributed by atoms with Crippen molar-refractivity contribution in [2.75, 3.05) is 19.8 Å². The molecule has 0 aliphatic carbocycles. The minimum atomic E-state index is -1.26. The molecule has 8 heteroatoms. The number of carboxylic acid groups (broad SMARTS) is 1. The van der Waals surface area contributed by atoms with Crippen molar-refractivity contribution in [1.82, 2.24) is 15.3 Å². The Bertz CT molecular complexity index is 478. The van der Waals surface area contributed by atoms with E-state index in [9.17, 15) is 14.7 Å². The van der Waals surface area contributed by atoms with Crippen molar-refractivity contribution in [3.8, 4) is 0 Å². The van der Waals surface area contributed by atoms with E-state index < -0.39 is 17.5 Å². The third kappa shape index (κ3) is 3.09. The fraction of sp³-hybridized carbons (Fsp3) is 0.545. The molecule has 4 N–H and O–H groups in total. The molecule has 0 unspecified atom stereocenters. The van der Waals surface area contributed by atoms with Crippen LogP contribution in [-0.2, 0) is 4.74 Å². The highest BCUT2D eigenvalue weighted by Crippen LogP contribution is 2.19. The molecule has 1 saturated heterocycles. The molecule has 0 atom stereocenters. The number of hydrogen-bond acceptors (Lipinski definition) is 5. The Morgan fingerprint density at radius 2 is 2.16 bits per heavy atom. The minimum Gasteiger partial charge on any atom is -0.477 e. The van der Waals surface area contributed by atoms with Crippen LogP contribution >= 0.6 is 0 Å². The Hall–Kier alpha value is -1.93. The predicted octanol–water partition coefficient (Wildman–Crippen LogP) is -0.621. The number of nitrogens with zero attached hydrogens (tertiary/aromatic N) is 1. The lowest BCUT2D eigenvalue weighted by atomic mass is 9.94. The first kappa shape index (κ1) is 13.5. The fourth-order valence-electron chi connectivity index (χ4n) is 1.89. The SMILES string of the molecule is O=C(NCC1(O)CCOCC1)c1nc[nH]c1C(=O)O. The molecule has 1 fully saturated rings. The second kappa shape index (κ2) is 5.37. The number of aromatic nitrogens is 2. The summed E-state index contributed by atoms with van der Waals surface area (Å²) in [5, 5.41) is 21.5. The number of imidazole rings is 1. The smallest absolute Gasteiger partial charge is 0.354 e. The number of carboxylic acids is 1. The van der Waals surface area contributed by atoms with Gasteiger partial charge in [0.1, 0.15) is 0 Å². The van der Waals surface area contributed by atoms with Gasteiger partial charge in [-0.2, -0.15) is 0 Å². The lowest BCUT2D eigenvalue weighted by Gasteiger charge is -2.31. The molecule has 1 aliphatic heterocycles. The molecule has 0 spiro atoms. The van der Waals surface area contributed by atoms with Crippen LogP contribution in [-0.4, -0.2) is 57.4 Å². The standard InChI is InChI=1S/C11H15N3O5/c15-9(7-8(10(16)17)14-6-13-7)12-5-11(18)1-3-19-4-2-11/h6,18H,1-5H2,(H,12,15)(H,13,14)(H,16,17). The van der Waals surface area contributed by atoms with Crippen LogP contribution in [0.2, 0.25) is 0 Å². The Balaban J connectivity index is 1.97. The average molecular weight is 269 g/mol. The number of carbonyl (C=O) groups is 2. The number of carbonyl (C=O) groups excluding carboxylic acids is 1. The highest BCUT2D eigenvalue weighted by molar-refractivity contribution is 6.02. The van der Waals surface area contributed by atoms with E-state index >= 15 is 0 Å². The van der Waals surface area contributed by atoms with Gasteiger partial charge in [0.05, 0.1) is 11.9 Å². The molecule has 0 saturated carbocycles.